The summed E-state index contributed by atoms with van der Waals surface area (Å²) >= 11 is 0. The van der Waals surface area contributed by atoms with Crippen molar-refractivity contribution < 1.29 is 19.4 Å². The molecule has 0 amide bonds. The van der Waals surface area contributed by atoms with Crippen molar-refractivity contribution in [2.45, 2.75) is 66.1 Å². The van der Waals surface area contributed by atoms with E-state index in [1.54, 1.807) is 32.9 Å². The molecule has 24 heavy (non-hydrogen) atoms. The van der Waals surface area contributed by atoms with Gasteiger partial charge in [0.25, 0.3) is 0 Å². The van der Waals surface area contributed by atoms with Crippen LogP contribution in [-0.4, -0.2) is 28.6 Å². The van der Waals surface area contributed by atoms with Gasteiger partial charge in [-0.15, -0.1) is 0 Å². The number of hydrogen-bond donors (Lipinski definition) is 1. The molecule has 1 fully saturated rings. The van der Waals surface area contributed by atoms with E-state index < -0.39 is 11.0 Å². The fourth-order valence-corrected chi connectivity index (χ4v) is 3.54. The van der Waals surface area contributed by atoms with Crippen LogP contribution in [0.2, 0.25) is 0 Å². The lowest BCUT2D eigenvalue weighted by atomic mass is 9.60. The molecule has 0 saturated heterocycles. The molecule has 1 saturated carbocycles. The third kappa shape index (κ3) is 3.25. The number of aliphatic hydroxyl groups is 1. The van der Waals surface area contributed by atoms with Crippen LogP contribution in [0.15, 0.2) is 34.9 Å². The quantitative estimate of drug-likeness (QED) is 0.634. The zero-order valence-electron chi connectivity index (χ0n) is 15.5. The van der Waals surface area contributed by atoms with Crippen LogP contribution < -0.4 is 0 Å². The molecular formula is C20H28O4. The number of ether oxygens (including phenoxy) is 1. The van der Waals surface area contributed by atoms with Gasteiger partial charge >= 0.3 is 5.97 Å². The molecule has 3 unspecified atom stereocenters. The van der Waals surface area contributed by atoms with Gasteiger partial charge in [-0.1, -0.05) is 31.6 Å². The highest BCUT2D eigenvalue weighted by Gasteiger charge is 2.47. The van der Waals surface area contributed by atoms with Gasteiger partial charge in [-0.05, 0) is 46.6 Å². The van der Waals surface area contributed by atoms with Crippen LogP contribution in [0, 0.1) is 11.3 Å². The predicted octanol–water partition coefficient (Wildman–Crippen LogP) is 3.51. The second-order valence-corrected chi connectivity index (χ2v) is 7.68. The number of allylic oxidation sites excluding steroid dienone is 4. The topological polar surface area (TPSA) is 63.6 Å². The zero-order chi connectivity index (χ0) is 18.3. The van der Waals surface area contributed by atoms with Crippen LogP contribution in [0.5, 0.6) is 0 Å². The van der Waals surface area contributed by atoms with Gasteiger partial charge in [-0.25, -0.2) is 4.79 Å². The maximum atomic E-state index is 12.3. The van der Waals surface area contributed by atoms with Gasteiger partial charge in [0.2, 0.25) is 0 Å². The first-order chi connectivity index (χ1) is 11.0. The molecule has 0 spiro atoms. The maximum absolute atomic E-state index is 12.3. The second kappa shape index (κ2) is 6.32. The van der Waals surface area contributed by atoms with E-state index in [0.717, 1.165) is 12.0 Å². The standard InChI is InChI=1S/C20H28O4/c1-7-12(2)18(22)24-17-9-8-14-10-16(21)15(19(4,5)23)11-20(14,6)13(17)3/h7,10-11,13,17,23H,8-9H2,1-6H3/b12-7+. The van der Waals surface area contributed by atoms with Gasteiger partial charge in [-0.2, -0.15) is 0 Å². The number of ketones is 1. The van der Waals surface area contributed by atoms with Crippen molar-refractivity contribution in [3.05, 3.63) is 34.9 Å². The Bertz CT molecular complexity index is 645. The van der Waals surface area contributed by atoms with Gasteiger partial charge in [-0.3, -0.25) is 4.79 Å². The Morgan fingerprint density at radius 1 is 1.46 bits per heavy atom. The summed E-state index contributed by atoms with van der Waals surface area (Å²) in [5.74, 6) is -0.386. The molecule has 0 aliphatic heterocycles. The Kier molecular flexibility index (Phi) is 4.91. The zero-order valence-corrected chi connectivity index (χ0v) is 15.5. The average molecular weight is 332 g/mol. The Morgan fingerprint density at radius 3 is 2.62 bits per heavy atom. The SMILES string of the molecule is C/C=C(\C)C(=O)OC1CCC2=CC(=O)C(C(C)(C)O)=CC2(C)C1C. The van der Waals surface area contributed by atoms with Crippen molar-refractivity contribution in [2.75, 3.05) is 0 Å². The van der Waals surface area contributed by atoms with Crippen molar-refractivity contribution >= 4 is 11.8 Å². The number of fused-ring (bicyclic) bond motifs is 1. The van der Waals surface area contributed by atoms with Crippen LogP contribution in [-0.2, 0) is 14.3 Å². The van der Waals surface area contributed by atoms with Crippen LogP contribution in [0.3, 0.4) is 0 Å². The summed E-state index contributed by atoms with van der Waals surface area (Å²) in [4.78, 5) is 24.4. The second-order valence-electron chi connectivity index (χ2n) is 7.68. The van der Waals surface area contributed by atoms with Crippen LogP contribution >= 0.6 is 0 Å². The number of esters is 1. The third-order valence-corrected chi connectivity index (χ3v) is 5.58. The summed E-state index contributed by atoms with van der Waals surface area (Å²) in [5.41, 5.74) is 0.490. The van der Waals surface area contributed by atoms with Crippen molar-refractivity contribution in [2.24, 2.45) is 11.3 Å². The lowest BCUT2D eigenvalue weighted by Crippen LogP contribution is -2.44. The third-order valence-electron chi connectivity index (χ3n) is 5.58. The number of carbonyl (C=O) groups excluding carboxylic acids is 2. The molecule has 4 heteroatoms. The normalized spacial score (nSPS) is 31.1. The largest absolute Gasteiger partial charge is 0.459 e. The fraction of sp³-hybridized carbons (Fsp3) is 0.600. The Hall–Kier alpha value is -1.68. The van der Waals surface area contributed by atoms with E-state index in [9.17, 15) is 14.7 Å². The minimum atomic E-state index is -1.19. The molecule has 2 aliphatic carbocycles. The van der Waals surface area contributed by atoms with E-state index in [-0.39, 0.29) is 23.8 Å². The molecule has 0 radical (unpaired) electrons. The van der Waals surface area contributed by atoms with Crippen molar-refractivity contribution in [3.8, 4) is 0 Å². The first-order valence-corrected chi connectivity index (χ1v) is 8.55. The maximum Gasteiger partial charge on any atom is 0.333 e. The highest BCUT2D eigenvalue weighted by atomic mass is 16.5. The number of hydrogen-bond acceptors (Lipinski definition) is 4. The van der Waals surface area contributed by atoms with Crippen molar-refractivity contribution in [1.82, 2.24) is 0 Å². The van der Waals surface area contributed by atoms with Gasteiger partial charge in [0.1, 0.15) is 6.10 Å². The Morgan fingerprint density at radius 2 is 2.08 bits per heavy atom. The summed E-state index contributed by atoms with van der Waals surface area (Å²) in [6.45, 7) is 10.9. The minimum Gasteiger partial charge on any atom is -0.459 e. The molecular weight excluding hydrogens is 304 g/mol. The molecule has 1 N–H and O–H groups in total. The first-order valence-electron chi connectivity index (χ1n) is 8.55. The van der Waals surface area contributed by atoms with Gasteiger partial charge in [0, 0.05) is 22.5 Å². The van der Waals surface area contributed by atoms with Crippen LogP contribution in [0.4, 0.5) is 0 Å². The van der Waals surface area contributed by atoms with Crippen molar-refractivity contribution in [1.29, 1.82) is 0 Å². The number of rotatable bonds is 3. The molecule has 4 nitrogen and oxygen atoms in total. The van der Waals surface area contributed by atoms with Crippen LogP contribution in [0.25, 0.3) is 0 Å². The van der Waals surface area contributed by atoms with E-state index in [1.807, 2.05) is 19.9 Å². The summed E-state index contributed by atoms with van der Waals surface area (Å²) in [7, 11) is 0. The van der Waals surface area contributed by atoms with Crippen LogP contribution in [0.1, 0.15) is 54.4 Å². The Labute approximate surface area is 144 Å². The molecule has 0 aromatic carbocycles. The summed E-state index contributed by atoms with van der Waals surface area (Å²) in [5, 5.41) is 10.3. The fourth-order valence-electron chi connectivity index (χ4n) is 3.54. The molecule has 0 bridgehead atoms. The first kappa shape index (κ1) is 18.7. The highest BCUT2D eigenvalue weighted by Crippen LogP contribution is 2.50. The average Bonchev–Trinajstić information content (AvgIpc) is 2.50. The van der Waals surface area contributed by atoms with Gasteiger partial charge < -0.3 is 9.84 Å². The van der Waals surface area contributed by atoms with Gasteiger partial charge in [0.05, 0.1) is 5.60 Å². The van der Waals surface area contributed by atoms with E-state index in [4.69, 9.17) is 4.74 Å². The molecule has 2 aliphatic rings. The Balaban J connectivity index is 2.33. The minimum absolute atomic E-state index is 0.0246. The molecule has 0 heterocycles. The van der Waals surface area contributed by atoms with Gasteiger partial charge in [0.15, 0.2) is 5.78 Å². The molecule has 132 valence electrons. The monoisotopic (exact) mass is 332 g/mol. The van der Waals surface area contributed by atoms with E-state index in [2.05, 4.69) is 6.92 Å². The summed E-state index contributed by atoms with van der Waals surface area (Å²) in [6.07, 6.45) is 6.52. The summed E-state index contributed by atoms with van der Waals surface area (Å²) in [6, 6.07) is 0. The molecule has 0 aromatic heterocycles. The van der Waals surface area contributed by atoms with Crippen molar-refractivity contribution in [3.63, 3.8) is 0 Å². The smallest absolute Gasteiger partial charge is 0.333 e. The lowest BCUT2D eigenvalue weighted by molar-refractivity contribution is -0.150. The van der Waals surface area contributed by atoms with E-state index in [1.165, 1.54) is 0 Å². The van der Waals surface area contributed by atoms with E-state index >= 15 is 0 Å². The lowest BCUT2D eigenvalue weighted by Gasteiger charge is -2.46. The number of carbonyl (C=O) groups is 2. The molecule has 0 aromatic rings. The summed E-state index contributed by atoms with van der Waals surface area (Å²) < 4.78 is 5.71. The highest BCUT2D eigenvalue weighted by molar-refractivity contribution is 6.07. The van der Waals surface area contributed by atoms with E-state index in [0.29, 0.717) is 17.6 Å². The molecule has 2 rings (SSSR count). The molecule has 3 atom stereocenters. The predicted molar refractivity (Wildman–Crippen MR) is 93.3 cm³/mol.